The number of anilines is 1. The van der Waals surface area contributed by atoms with E-state index in [1.807, 2.05) is 18.2 Å². The number of aromatic nitrogens is 1. The Morgan fingerprint density at radius 2 is 2.24 bits per heavy atom. The number of rotatable bonds is 6. The summed E-state index contributed by atoms with van der Waals surface area (Å²) in [5, 5.41) is 4.42. The lowest BCUT2D eigenvalue weighted by Gasteiger charge is -2.15. The van der Waals surface area contributed by atoms with Crippen LogP contribution in [0.4, 0.5) is 5.13 Å². The normalized spacial score (nSPS) is 12.8. The number of benzene rings is 1. The van der Waals surface area contributed by atoms with Crippen molar-refractivity contribution >= 4 is 26.7 Å². The Morgan fingerprint density at radius 3 is 2.94 bits per heavy atom. The van der Waals surface area contributed by atoms with Crippen LogP contribution in [0, 0.1) is 0 Å². The molecule has 3 N–H and O–H groups in total. The van der Waals surface area contributed by atoms with Crippen molar-refractivity contribution in [1.82, 2.24) is 4.98 Å². The average Bonchev–Trinajstić information content (AvgIpc) is 2.76. The van der Waals surface area contributed by atoms with Crippen molar-refractivity contribution < 1.29 is 0 Å². The van der Waals surface area contributed by atoms with Crippen LogP contribution >= 0.6 is 11.3 Å². The number of nitrogens with zero attached hydrogens (tertiary/aromatic N) is 1. The van der Waals surface area contributed by atoms with E-state index >= 15 is 0 Å². The summed E-state index contributed by atoms with van der Waals surface area (Å²) in [6.45, 7) is 2.86. The smallest absolute Gasteiger partial charge is 0.184 e. The zero-order chi connectivity index (χ0) is 12.1. The van der Waals surface area contributed by atoms with Gasteiger partial charge < -0.3 is 11.1 Å². The molecule has 1 atom stereocenters. The van der Waals surface area contributed by atoms with Crippen LogP contribution in [0.1, 0.15) is 26.2 Å². The molecule has 1 aromatic heterocycles. The van der Waals surface area contributed by atoms with Crippen molar-refractivity contribution in [3.05, 3.63) is 24.3 Å². The van der Waals surface area contributed by atoms with E-state index in [0.29, 0.717) is 12.6 Å². The van der Waals surface area contributed by atoms with Crippen molar-refractivity contribution in [3.8, 4) is 0 Å². The molecular formula is C13H19N3S. The van der Waals surface area contributed by atoms with Crippen LogP contribution < -0.4 is 11.1 Å². The SMILES string of the molecule is CCCCC(CN)Nc1nc2ccccc2s1. The monoisotopic (exact) mass is 249 g/mol. The summed E-state index contributed by atoms with van der Waals surface area (Å²) in [7, 11) is 0. The topological polar surface area (TPSA) is 50.9 Å². The predicted octanol–water partition coefficient (Wildman–Crippen LogP) is 3.23. The molecule has 3 nitrogen and oxygen atoms in total. The Labute approximate surface area is 106 Å². The fourth-order valence-corrected chi connectivity index (χ4v) is 2.75. The molecule has 0 bridgehead atoms. The van der Waals surface area contributed by atoms with Crippen LogP contribution in [0.3, 0.4) is 0 Å². The highest BCUT2D eigenvalue weighted by Crippen LogP contribution is 2.26. The Bertz CT molecular complexity index is 433. The summed E-state index contributed by atoms with van der Waals surface area (Å²) in [6.07, 6.45) is 3.53. The standard InChI is InChI=1S/C13H19N3S/c1-2-3-6-10(9-14)15-13-16-11-7-4-5-8-12(11)17-13/h4-5,7-8,10H,2-3,6,9,14H2,1H3,(H,15,16). The maximum atomic E-state index is 5.77. The van der Waals surface area contributed by atoms with Gasteiger partial charge in [-0.15, -0.1) is 0 Å². The summed E-state index contributed by atoms with van der Waals surface area (Å²) >= 11 is 1.70. The molecule has 0 radical (unpaired) electrons. The van der Waals surface area contributed by atoms with E-state index in [1.54, 1.807) is 11.3 Å². The maximum Gasteiger partial charge on any atom is 0.184 e. The van der Waals surface area contributed by atoms with E-state index in [9.17, 15) is 0 Å². The zero-order valence-electron chi connectivity index (χ0n) is 10.1. The average molecular weight is 249 g/mol. The summed E-state index contributed by atoms with van der Waals surface area (Å²) in [5.74, 6) is 0. The number of hydrogen-bond donors (Lipinski definition) is 2. The van der Waals surface area contributed by atoms with Gasteiger partial charge in [-0.05, 0) is 18.6 Å². The Kier molecular flexibility index (Phi) is 4.34. The van der Waals surface area contributed by atoms with Crippen molar-refractivity contribution in [2.24, 2.45) is 5.73 Å². The molecule has 0 spiro atoms. The number of hydrogen-bond acceptors (Lipinski definition) is 4. The number of nitrogens with one attached hydrogen (secondary N) is 1. The van der Waals surface area contributed by atoms with Crippen LogP contribution in [0.15, 0.2) is 24.3 Å². The summed E-state index contributed by atoms with van der Waals surface area (Å²) in [4.78, 5) is 4.56. The molecule has 0 saturated carbocycles. The molecule has 0 saturated heterocycles. The number of thiazole rings is 1. The molecule has 2 rings (SSSR count). The number of fused-ring (bicyclic) bond motifs is 1. The molecule has 0 amide bonds. The Hall–Kier alpha value is -1.13. The van der Waals surface area contributed by atoms with Crippen molar-refractivity contribution in [3.63, 3.8) is 0 Å². The summed E-state index contributed by atoms with van der Waals surface area (Å²) in [5.41, 5.74) is 6.83. The minimum absolute atomic E-state index is 0.343. The van der Waals surface area contributed by atoms with Gasteiger partial charge in [-0.2, -0.15) is 0 Å². The third-order valence-corrected chi connectivity index (χ3v) is 3.78. The zero-order valence-corrected chi connectivity index (χ0v) is 11.0. The third-order valence-electron chi connectivity index (χ3n) is 2.81. The largest absolute Gasteiger partial charge is 0.357 e. The van der Waals surface area contributed by atoms with Gasteiger partial charge in [0, 0.05) is 12.6 Å². The van der Waals surface area contributed by atoms with Gasteiger partial charge in [0.05, 0.1) is 10.2 Å². The molecule has 0 aliphatic rings. The highest BCUT2D eigenvalue weighted by atomic mass is 32.1. The first-order valence-corrected chi connectivity index (χ1v) is 6.97. The van der Waals surface area contributed by atoms with E-state index in [2.05, 4.69) is 23.3 Å². The first-order valence-electron chi connectivity index (χ1n) is 6.15. The molecule has 1 heterocycles. The van der Waals surface area contributed by atoms with Crippen LogP contribution in [-0.2, 0) is 0 Å². The number of para-hydroxylation sites is 1. The van der Waals surface area contributed by atoms with Gasteiger partial charge in [0.25, 0.3) is 0 Å². The van der Waals surface area contributed by atoms with Gasteiger partial charge in [-0.25, -0.2) is 4.98 Å². The fourth-order valence-electron chi connectivity index (χ4n) is 1.81. The molecule has 1 aromatic carbocycles. The van der Waals surface area contributed by atoms with Gasteiger partial charge in [-0.1, -0.05) is 43.2 Å². The highest BCUT2D eigenvalue weighted by molar-refractivity contribution is 7.22. The minimum atomic E-state index is 0.343. The maximum absolute atomic E-state index is 5.77. The van der Waals surface area contributed by atoms with Crippen LogP contribution in [0.25, 0.3) is 10.2 Å². The number of unbranched alkanes of at least 4 members (excludes halogenated alkanes) is 1. The third kappa shape index (κ3) is 3.17. The van der Waals surface area contributed by atoms with Crippen molar-refractivity contribution in [2.45, 2.75) is 32.2 Å². The molecule has 0 aliphatic carbocycles. The lowest BCUT2D eigenvalue weighted by molar-refractivity contribution is 0.614. The van der Waals surface area contributed by atoms with Gasteiger partial charge in [-0.3, -0.25) is 0 Å². The van der Waals surface area contributed by atoms with Crippen molar-refractivity contribution in [1.29, 1.82) is 0 Å². The molecule has 2 aromatic rings. The number of nitrogens with two attached hydrogens (primary N) is 1. The lowest BCUT2D eigenvalue weighted by Crippen LogP contribution is -2.28. The Balaban J connectivity index is 2.06. The molecule has 0 fully saturated rings. The van der Waals surface area contributed by atoms with Gasteiger partial charge in [0.15, 0.2) is 5.13 Å². The summed E-state index contributed by atoms with van der Waals surface area (Å²) < 4.78 is 1.22. The predicted molar refractivity (Wildman–Crippen MR) is 75.6 cm³/mol. The lowest BCUT2D eigenvalue weighted by atomic mass is 10.1. The first-order chi connectivity index (χ1) is 8.33. The quantitative estimate of drug-likeness (QED) is 0.826. The summed E-state index contributed by atoms with van der Waals surface area (Å²) in [6, 6.07) is 8.54. The second-order valence-electron chi connectivity index (χ2n) is 4.21. The van der Waals surface area contributed by atoms with Crippen LogP contribution in [0.2, 0.25) is 0 Å². The van der Waals surface area contributed by atoms with E-state index in [-0.39, 0.29) is 0 Å². The van der Waals surface area contributed by atoms with Crippen molar-refractivity contribution in [2.75, 3.05) is 11.9 Å². The molecular weight excluding hydrogens is 230 g/mol. The molecule has 17 heavy (non-hydrogen) atoms. The molecule has 1 unspecified atom stereocenters. The van der Waals surface area contributed by atoms with Gasteiger partial charge in [0.2, 0.25) is 0 Å². The molecule has 92 valence electrons. The van der Waals surface area contributed by atoms with E-state index < -0.39 is 0 Å². The fraction of sp³-hybridized carbons (Fsp3) is 0.462. The first kappa shape index (κ1) is 12.3. The van der Waals surface area contributed by atoms with Crippen LogP contribution in [0.5, 0.6) is 0 Å². The van der Waals surface area contributed by atoms with Crippen LogP contribution in [-0.4, -0.2) is 17.6 Å². The van der Waals surface area contributed by atoms with Gasteiger partial charge in [0.1, 0.15) is 0 Å². The van der Waals surface area contributed by atoms with E-state index in [4.69, 9.17) is 5.73 Å². The second-order valence-corrected chi connectivity index (χ2v) is 5.24. The highest BCUT2D eigenvalue weighted by Gasteiger charge is 2.09. The minimum Gasteiger partial charge on any atom is -0.357 e. The second kappa shape index (κ2) is 5.98. The molecule has 0 aliphatic heterocycles. The van der Waals surface area contributed by atoms with E-state index in [0.717, 1.165) is 17.1 Å². The molecule has 4 heteroatoms. The van der Waals surface area contributed by atoms with Gasteiger partial charge >= 0.3 is 0 Å². The van der Waals surface area contributed by atoms with E-state index in [1.165, 1.54) is 17.5 Å². The Morgan fingerprint density at radius 1 is 1.41 bits per heavy atom.